The normalized spacial score (nSPS) is 14.2. The summed E-state index contributed by atoms with van der Waals surface area (Å²) >= 11 is 0. The Morgan fingerprint density at radius 2 is 2.00 bits per heavy atom. The Labute approximate surface area is 114 Å². The molecule has 0 aliphatic carbocycles. The molecule has 2 atom stereocenters. The second-order valence-electron chi connectivity index (χ2n) is 4.54. The average molecular weight is 267 g/mol. The van der Waals surface area contributed by atoms with Gasteiger partial charge in [0.1, 0.15) is 11.9 Å². The molecule has 3 nitrogen and oxygen atoms in total. The quantitative estimate of drug-likeness (QED) is 0.741. The van der Waals surface area contributed by atoms with Crippen LogP contribution in [-0.2, 0) is 9.53 Å². The molecule has 1 rings (SSSR count). The number of nitrogens with zero attached hydrogens (tertiary/aromatic N) is 1. The third kappa shape index (κ3) is 3.77. The lowest BCUT2D eigenvalue weighted by atomic mass is 10.0. The minimum atomic E-state index is -0.352. The maximum Gasteiger partial charge on any atom is 0.323 e. The molecule has 106 valence electrons. The van der Waals surface area contributed by atoms with Crippen LogP contribution in [0.2, 0.25) is 0 Å². The van der Waals surface area contributed by atoms with Gasteiger partial charge in [0.2, 0.25) is 0 Å². The van der Waals surface area contributed by atoms with E-state index in [1.165, 1.54) is 6.07 Å². The van der Waals surface area contributed by atoms with E-state index in [-0.39, 0.29) is 23.9 Å². The first-order chi connectivity index (χ1) is 9.02. The lowest BCUT2D eigenvalue weighted by molar-refractivity contribution is -0.150. The maximum atomic E-state index is 13.8. The Balaban J connectivity index is 2.88. The van der Waals surface area contributed by atoms with Gasteiger partial charge in [-0.2, -0.15) is 0 Å². The topological polar surface area (TPSA) is 29.5 Å². The molecule has 0 aliphatic heterocycles. The molecule has 0 radical (unpaired) electrons. The highest BCUT2D eigenvalue weighted by atomic mass is 19.1. The maximum absolute atomic E-state index is 13.8. The highest BCUT2D eigenvalue weighted by molar-refractivity contribution is 5.75. The molecule has 4 heteroatoms. The molecule has 0 fully saturated rings. The van der Waals surface area contributed by atoms with Gasteiger partial charge in [-0.25, -0.2) is 4.39 Å². The van der Waals surface area contributed by atoms with Gasteiger partial charge in [0.05, 0.1) is 6.61 Å². The van der Waals surface area contributed by atoms with Crippen LogP contribution in [0.5, 0.6) is 0 Å². The van der Waals surface area contributed by atoms with Gasteiger partial charge in [0, 0.05) is 11.6 Å². The molecule has 0 bridgehead atoms. The van der Waals surface area contributed by atoms with E-state index in [1.807, 2.05) is 25.8 Å². The van der Waals surface area contributed by atoms with Crippen molar-refractivity contribution in [1.29, 1.82) is 0 Å². The van der Waals surface area contributed by atoms with Gasteiger partial charge < -0.3 is 4.74 Å². The van der Waals surface area contributed by atoms with E-state index >= 15 is 0 Å². The Kier molecular flexibility index (Phi) is 5.96. The summed E-state index contributed by atoms with van der Waals surface area (Å²) in [6.07, 6.45) is 0.633. The minimum Gasteiger partial charge on any atom is -0.465 e. The number of benzene rings is 1. The number of carbonyl (C=O) groups is 1. The zero-order valence-electron chi connectivity index (χ0n) is 12.0. The summed E-state index contributed by atoms with van der Waals surface area (Å²) in [4.78, 5) is 13.7. The molecule has 1 aromatic carbocycles. The van der Waals surface area contributed by atoms with Crippen molar-refractivity contribution in [2.45, 2.75) is 39.3 Å². The number of likely N-dealkylation sites (N-methyl/N-ethyl adjacent to an activating group) is 1. The molecule has 1 aromatic rings. The zero-order chi connectivity index (χ0) is 14.4. The fourth-order valence-electron chi connectivity index (χ4n) is 2.16. The predicted octanol–water partition coefficient (Wildman–Crippen LogP) is 3.16. The number of halogens is 1. The molecule has 0 heterocycles. The van der Waals surface area contributed by atoms with Crippen molar-refractivity contribution in [3.63, 3.8) is 0 Å². The lowest BCUT2D eigenvalue weighted by Crippen LogP contribution is -2.40. The first-order valence-electron chi connectivity index (χ1n) is 6.65. The van der Waals surface area contributed by atoms with Crippen molar-refractivity contribution in [2.24, 2.45) is 0 Å². The first kappa shape index (κ1) is 15.6. The number of rotatable bonds is 6. The van der Waals surface area contributed by atoms with Gasteiger partial charge in [-0.3, -0.25) is 9.69 Å². The van der Waals surface area contributed by atoms with Gasteiger partial charge >= 0.3 is 5.97 Å². The summed E-state index contributed by atoms with van der Waals surface area (Å²) in [5.74, 6) is -0.503. The standard InChI is InChI=1S/C15H22FNO2/c1-5-14(15(18)19-6-2)17(4)11(3)12-9-7-8-10-13(12)16/h7-11,14H,5-6H2,1-4H3. The highest BCUT2D eigenvalue weighted by Gasteiger charge is 2.27. The van der Waals surface area contributed by atoms with Crippen molar-refractivity contribution in [1.82, 2.24) is 4.90 Å². The summed E-state index contributed by atoms with van der Waals surface area (Å²) in [6, 6.07) is 6.10. The second kappa shape index (κ2) is 7.24. The van der Waals surface area contributed by atoms with Crippen molar-refractivity contribution < 1.29 is 13.9 Å². The molecule has 2 unspecified atom stereocenters. The van der Waals surface area contributed by atoms with E-state index in [9.17, 15) is 9.18 Å². The van der Waals surface area contributed by atoms with E-state index in [2.05, 4.69) is 0 Å². The van der Waals surface area contributed by atoms with Crippen LogP contribution in [0.3, 0.4) is 0 Å². The molecular formula is C15H22FNO2. The van der Waals surface area contributed by atoms with Crippen LogP contribution in [0.25, 0.3) is 0 Å². The van der Waals surface area contributed by atoms with Gasteiger partial charge in [-0.1, -0.05) is 25.1 Å². The predicted molar refractivity (Wildman–Crippen MR) is 73.3 cm³/mol. The van der Waals surface area contributed by atoms with Crippen molar-refractivity contribution >= 4 is 5.97 Å². The molecule has 19 heavy (non-hydrogen) atoms. The first-order valence-corrected chi connectivity index (χ1v) is 6.65. The fourth-order valence-corrected chi connectivity index (χ4v) is 2.16. The average Bonchev–Trinajstić information content (AvgIpc) is 2.39. The fraction of sp³-hybridized carbons (Fsp3) is 0.533. The summed E-state index contributed by atoms with van der Waals surface area (Å²) in [5.41, 5.74) is 0.591. The van der Waals surface area contributed by atoms with Gasteiger partial charge in [-0.05, 0) is 33.4 Å². The zero-order valence-corrected chi connectivity index (χ0v) is 12.0. The number of esters is 1. The third-order valence-corrected chi connectivity index (χ3v) is 3.40. The summed E-state index contributed by atoms with van der Waals surface area (Å²) in [7, 11) is 1.82. The van der Waals surface area contributed by atoms with Crippen LogP contribution < -0.4 is 0 Å². The molecule has 0 amide bonds. The summed E-state index contributed by atoms with van der Waals surface area (Å²) in [5, 5.41) is 0. The smallest absolute Gasteiger partial charge is 0.323 e. The van der Waals surface area contributed by atoms with Crippen LogP contribution >= 0.6 is 0 Å². The number of carbonyl (C=O) groups excluding carboxylic acids is 1. The Hall–Kier alpha value is -1.42. The summed E-state index contributed by atoms with van der Waals surface area (Å²) in [6.45, 7) is 5.95. The Morgan fingerprint density at radius 1 is 1.37 bits per heavy atom. The number of hydrogen-bond acceptors (Lipinski definition) is 3. The molecule has 0 spiro atoms. The second-order valence-corrected chi connectivity index (χ2v) is 4.54. The molecule has 0 aliphatic rings. The molecule has 0 saturated carbocycles. The van der Waals surface area contributed by atoms with Gasteiger partial charge in [-0.15, -0.1) is 0 Å². The largest absolute Gasteiger partial charge is 0.465 e. The van der Waals surface area contributed by atoms with Crippen molar-refractivity contribution in [3.8, 4) is 0 Å². The van der Waals surface area contributed by atoms with Crippen LogP contribution in [-0.4, -0.2) is 30.6 Å². The number of ether oxygens (including phenoxy) is 1. The van der Waals surface area contributed by atoms with E-state index in [1.54, 1.807) is 25.1 Å². The van der Waals surface area contributed by atoms with E-state index < -0.39 is 0 Å². The van der Waals surface area contributed by atoms with Gasteiger partial charge in [0.25, 0.3) is 0 Å². The highest BCUT2D eigenvalue weighted by Crippen LogP contribution is 2.24. The number of hydrogen-bond donors (Lipinski definition) is 0. The molecule has 0 aromatic heterocycles. The van der Waals surface area contributed by atoms with E-state index in [0.717, 1.165) is 0 Å². The third-order valence-electron chi connectivity index (χ3n) is 3.40. The molecule has 0 saturated heterocycles. The Bertz CT molecular complexity index is 422. The molecular weight excluding hydrogens is 245 g/mol. The van der Waals surface area contributed by atoms with Crippen LogP contribution in [0.4, 0.5) is 4.39 Å². The van der Waals surface area contributed by atoms with Crippen molar-refractivity contribution in [2.75, 3.05) is 13.7 Å². The lowest BCUT2D eigenvalue weighted by Gasteiger charge is -2.31. The summed E-state index contributed by atoms with van der Waals surface area (Å²) < 4.78 is 18.8. The van der Waals surface area contributed by atoms with Crippen LogP contribution in [0.1, 0.15) is 38.8 Å². The van der Waals surface area contributed by atoms with E-state index in [4.69, 9.17) is 4.74 Å². The monoisotopic (exact) mass is 267 g/mol. The van der Waals surface area contributed by atoms with Crippen LogP contribution in [0.15, 0.2) is 24.3 Å². The molecule has 0 N–H and O–H groups in total. The minimum absolute atomic E-state index is 0.185. The van der Waals surface area contributed by atoms with E-state index in [0.29, 0.717) is 18.6 Å². The Morgan fingerprint density at radius 3 is 2.53 bits per heavy atom. The van der Waals surface area contributed by atoms with Crippen molar-refractivity contribution in [3.05, 3.63) is 35.6 Å². The SMILES string of the molecule is CCOC(=O)C(CC)N(C)C(C)c1ccccc1F. The van der Waals surface area contributed by atoms with Crippen LogP contribution in [0, 0.1) is 5.82 Å². The van der Waals surface area contributed by atoms with Gasteiger partial charge in [0.15, 0.2) is 0 Å².